The lowest BCUT2D eigenvalue weighted by molar-refractivity contribution is 0.312. The van der Waals surface area contributed by atoms with Crippen LogP contribution in [0.2, 0.25) is 0 Å². The number of aromatic nitrogens is 2. The fourth-order valence-corrected chi connectivity index (χ4v) is 4.43. The molecule has 6 nitrogen and oxygen atoms in total. The van der Waals surface area contributed by atoms with E-state index in [0.717, 1.165) is 44.2 Å². The summed E-state index contributed by atoms with van der Waals surface area (Å²) in [5.41, 5.74) is 2.65. The van der Waals surface area contributed by atoms with Crippen LogP contribution in [0.25, 0.3) is 5.69 Å². The smallest absolute Gasteiger partial charge is 0.354 e. The van der Waals surface area contributed by atoms with E-state index in [1.165, 1.54) is 37.9 Å². The fourth-order valence-electron chi connectivity index (χ4n) is 4.43. The molecule has 3 heterocycles. The molecule has 0 atom stereocenters. The minimum absolute atomic E-state index is 0.214. The van der Waals surface area contributed by atoms with Crippen molar-refractivity contribution >= 4 is 5.82 Å². The van der Waals surface area contributed by atoms with E-state index in [1.807, 2.05) is 24.4 Å². The Morgan fingerprint density at radius 3 is 2.44 bits per heavy atom. The number of anilines is 1. The van der Waals surface area contributed by atoms with E-state index in [2.05, 4.69) is 32.2 Å². The van der Waals surface area contributed by atoms with E-state index >= 15 is 0 Å². The molecule has 2 aliphatic heterocycles. The van der Waals surface area contributed by atoms with Crippen LogP contribution in [0.5, 0.6) is 0 Å². The monoisotopic (exact) mass is 365 g/mol. The summed E-state index contributed by atoms with van der Waals surface area (Å²) in [4.78, 5) is 21.6. The topological polar surface area (TPSA) is 53.4 Å². The molecule has 1 N–H and O–H groups in total. The van der Waals surface area contributed by atoms with E-state index in [4.69, 9.17) is 0 Å². The second-order valence-corrected chi connectivity index (χ2v) is 8.30. The van der Waals surface area contributed by atoms with Crippen LogP contribution in [0, 0.1) is 5.41 Å². The van der Waals surface area contributed by atoms with Crippen molar-refractivity contribution in [2.45, 2.75) is 25.8 Å². The van der Waals surface area contributed by atoms with Gasteiger partial charge in [0.05, 0.1) is 5.69 Å². The first-order valence-corrected chi connectivity index (χ1v) is 10.1. The van der Waals surface area contributed by atoms with Gasteiger partial charge in [0, 0.05) is 45.5 Å². The first kappa shape index (κ1) is 17.0. The number of benzene rings is 1. The highest BCUT2D eigenvalue weighted by Gasteiger charge is 2.47. The zero-order chi connectivity index (χ0) is 18.3. The summed E-state index contributed by atoms with van der Waals surface area (Å²) in [5.74, 6) is 0.775. The number of piperazine rings is 1. The number of likely N-dealkylation sites (tertiary alicyclic amines) is 1. The average Bonchev–Trinajstić information content (AvgIpc) is 3.35. The highest BCUT2D eigenvalue weighted by atomic mass is 16.1. The number of hydrogen-bond acceptors (Lipinski definition) is 5. The largest absolute Gasteiger partial charge is 0.354 e. The van der Waals surface area contributed by atoms with Crippen molar-refractivity contribution in [3.05, 3.63) is 52.6 Å². The Morgan fingerprint density at radius 2 is 1.78 bits per heavy atom. The van der Waals surface area contributed by atoms with Crippen molar-refractivity contribution in [2.24, 2.45) is 5.41 Å². The molecule has 27 heavy (non-hydrogen) atoms. The Hall–Kier alpha value is -2.18. The van der Waals surface area contributed by atoms with Gasteiger partial charge in [0.25, 0.3) is 0 Å². The second kappa shape index (κ2) is 6.77. The number of rotatable bonds is 4. The molecule has 6 heteroatoms. The number of nitrogens with zero attached hydrogens (tertiary/aromatic N) is 4. The maximum Gasteiger partial charge on any atom is 0.354 e. The van der Waals surface area contributed by atoms with Crippen LogP contribution in [-0.4, -0.2) is 53.7 Å². The Kier molecular flexibility index (Phi) is 4.25. The third kappa shape index (κ3) is 3.51. The van der Waals surface area contributed by atoms with Crippen molar-refractivity contribution in [2.75, 3.05) is 44.2 Å². The van der Waals surface area contributed by atoms with Crippen LogP contribution >= 0.6 is 0 Å². The van der Waals surface area contributed by atoms with Crippen molar-refractivity contribution in [1.82, 2.24) is 19.8 Å². The third-order valence-electron chi connectivity index (χ3n) is 6.33. The molecular formula is C21H27N5O. The Bertz CT molecular complexity index is 865. The zero-order valence-electron chi connectivity index (χ0n) is 15.7. The zero-order valence-corrected chi connectivity index (χ0v) is 15.7. The standard InChI is InChI=1S/C21H27N5O/c27-20-23-19(25-13-9-22-10-14-25)5-11-26(20)18-3-1-17(2-4-18)15-24-12-8-21(16-24)6-7-21/h1-5,11,22H,6-10,12-16H2. The lowest BCUT2D eigenvalue weighted by Gasteiger charge is -2.28. The summed E-state index contributed by atoms with van der Waals surface area (Å²) < 4.78 is 1.63. The van der Waals surface area contributed by atoms with Crippen molar-refractivity contribution < 1.29 is 0 Å². The highest BCUT2D eigenvalue weighted by Crippen LogP contribution is 2.52. The molecule has 0 radical (unpaired) electrons. The van der Waals surface area contributed by atoms with Gasteiger partial charge in [0.2, 0.25) is 0 Å². The minimum atomic E-state index is -0.214. The van der Waals surface area contributed by atoms with Gasteiger partial charge in [0.15, 0.2) is 0 Å². The summed E-state index contributed by atoms with van der Waals surface area (Å²) in [6.07, 6.45) is 6.05. The third-order valence-corrected chi connectivity index (χ3v) is 6.33. The van der Waals surface area contributed by atoms with Crippen molar-refractivity contribution in [3.63, 3.8) is 0 Å². The highest BCUT2D eigenvalue weighted by molar-refractivity contribution is 5.40. The molecule has 1 aliphatic carbocycles. The van der Waals surface area contributed by atoms with E-state index in [9.17, 15) is 4.79 Å². The predicted octanol–water partition coefficient (Wildman–Crippen LogP) is 1.63. The number of hydrogen-bond donors (Lipinski definition) is 1. The van der Waals surface area contributed by atoms with Gasteiger partial charge in [-0.05, 0) is 55.0 Å². The van der Waals surface area contributed by atoms with Gasteiger partial charge in [-0.1, -0.05) is 12.1 Å². The van der Waals surface area contributed by atoms with Crippen LogP contribution in [0.15, 0.2) is 41.3 Å². The van der Waals surface area contributed by atoms with Gasteiger partial charge in [-0.3, -0.25) is 9.47 Å². The van der Waals surface area contributed by atoms with Gasteiger partial charge >= 0.3 is 5.69 Å². The second-order valence-electron chi connectivity index (χ2n) is 8.30. The van der Waals surface area contributed by atoms with Crippen LogP contribution in [-0.2, 0) is 6.54 Å². The average molecular weight is 365 g/mol. The molecule has 1 spiro atoms. The van der Waals surface area contributed by atoms with E-state index < -0.39 is 0 Å². The van der Waals surface area contributed by atoms with Gasteiger partial charge in [-0.2, -0.15) is 4.98 Å². The number of nitrogens with one attached hydrogen (secondary N) is 1. The Labute approximate surface area is 159 Å². The molecule has 5 rings (SSSR count). The quantitative estimate of drug-likeness (QED) is 0.893. The molecule has 142 valence electrons. The first-order valence-electron chi connectivity index (χ1n) is 10.1. The van der Waals surface area contributed by atoms with E-state index in [-0.39, 0.29) is 5.69 Å². The summed E-state index contributed by atoms with van der Waals surface area (Å²) in [5, 5.41) is 3.32. The maximum absolute atomic E-state index is 12.5. The minimum Gasteiger partial charge on any atom is -0.354 e. The molecule has 1 aromatic carbocycles. The SMILES string of the molecule is O=c1nc(N2CCNCC2)ccn1-c1ccc(CN2CCC3(CC3)C2)cc1. The Balaban J connectivity index is 1.29. The first-order chi connectivity index (χ1) is 13.2. The maximum atomic E-state index is 12.5. The van der Waals surface area contributed by atoms with Gasteiger partial charge in [0.1, 0.15) is 5.82 Å². The van der Waals surface area contributed by atoms with Crippen molar-refractivity contribution in [3.8, 4) is 5.69 Å². The van der Waals surface area contributed by atoms with Crippen LogP contribution in [0.4, 0.5) is 5.82 Å². The van der Waals surface area contributed by atoms with Gasteiger partial charge < -0.3 is 10.2 Å². The normalized spacial score (nSPS) is 21.7. The lowest BCUT2D eigenvalue weighted by Crippen LogP contribution is -2.44. The van der Waals surface area contributed by atoms with Crippen molar-refractivity contribution in [1.29, 1.82) is 0 Å². The molecule has 0 bridgehead atoms. The molecule has 2 aromatic rings. The summed E-state index contributed by atoms with van der Waals surface area (Å²) in [6, 6.07) is 10.3. The van der Waals surface area contributed by atoms with Crippen LogP contribution in [0.1, 0.15) is 24.8 Å². The van der Waals surface area contributed by atoms with Gasteiger partial charge in [-0.25, -0.2) is 4.79 Å². The predicted molar refractivity (Wildman–Crippen MR) is 106 cm³/mol. The van der Waals surface area contributed by atoms with E-state index in [0.29, 0.717) is 5.41 Å². The molecule has 0 amide bonds. The van der Waals surface area contributed by atoms with Crippen LogP contribution < -0.4 is 15.9 Å². The molecule has 1 saturated carbocycles. The molecular weight excluding hydrogens is 338 g/mol. The Morgan fingerprint density at radius 1 is 1.00 bits per heavy atom. The summed E-state index contributed by atoms with van der Waals surface area (Å²) in [7, 11) is 0. The molecule has 2 saturated heterocycles. The molecule has 3 aliphatic rings. The summed E-state index contributed by atoms with van der Waals surface area (Å²) in [6.45, 7) is 7.14. The van der Waals surface area contributed by atoms with E-state index in [1.54, 1.807) is 4.57 Å². The molecule has 3 fully saturated rings. The molecule has 1 aromatic heterocycles. The fraction of sp³-hybridized carbons (Fsp3) is 0.524. The lowest BCUT2D eigenvalue weighted by atomic mass is 10.1. The summed E-state index contributed by atoms with van der Waals surface area (Å²) >= 11 is 0. The van der Waals surface area contributed by atoms with Gasteiger partial charge in [-0.15, -0.1) is 0 Å². The van der Waals surface area contributed by atoms with Crippen LogP contribution in [0.3, 0.4) is 0 Å². The molecule has 0 unspecified atom stereocenters.